The summed E-state index contributed by atoms with van der Waals surface area (Å²) in [5, 5.41) is 11.7. The molecule has 0 aliphatic carbocycles. The second-order valence-electron chi connectivity index (χ2n) is 9.53. The number of hydrogen-bond acceptors (Lipinski definition) is 4. The Morgan fingerprint density at radius 1 is 0.912 bits per heavy atom. The molecule has 0 spiro atoms. The van der Waals surface area contributed by atoms with Crippen LogP contribution in [-0.2, 0) is 10.2 Å². The molecule has 170 valence electrons. The minimum atomic E-state index is -0.783. The second kappa shape index (κ2) is 8.03. The lowest BCUT2D eigenvalue weighted by molar-refractivity contribution is -0.117. The molecule has 34 heavy (non-hydrogen) atoms. The van der Waals surface area contributed by atoms with Gasteiger partial charge in [0.25, 0.3) is 5.91 Å². The van der Waals surface area contributed by atoms with Crippen LogP contribution in [0.4, 0.5) is 5.69 Å². The number of Topliss-reactive ketones (excluding diaryl/α,β-unsaturated/α-hetero) is 1. The van der Waals surface area contributed by atoms with Crippen LogP contribution >= 0.6 is 0 Å². The normalized spacial score (nSPS) is 16.5. The Labute approximate surface area is 197 Å². The molecule has 4 aromatic rings. The van der Waals surface area contributed by atoms with Crippen molar-refractivity contribution in [1.29, 1.82) is 0 Å². The van der Waals surface area contributed by atoms with Crippen molar-refractivity contribution in [3.63, 3.8) is 0 Å². The van der Waals surface area contributed by atoms with E-state index in [1.54, 1.807) is 12.1 Å². The number of anilines is 1. The van der Waals surface area contributed by atoms with Crippen molar-refractivity contribution in [3.05, 3.63) is 113 Å². The van der Waals surface area contributed by atoms with Gasteiger partial charge in [-0.1, -0.05) is 81.4 Å². The van der Waals surface area contributed by atoms with Crippen LogP contribution in [0.15, 0.2) is 101 Å². The SMILES string of the molecule is CC(C)(C)c1ccc(N2C(=O)C(O)=C(C(=O)c3cc4ccccc4o3)C2c2ccccc2)cc1. The summed E-state index contributed by atoms with van der Waals surface area (Å²) in [5.74, 6) is -1.60. The Hall–Kier alpha value is -4.12. The third-order valence-electron chi connectivity index (χ3n) is 6.23. The lowest BCUT2D eigenvalue weighted by Crippen LogP contribution is -2.31. The monoisotopic (exact) mass is 451 g/mol. The Morgan fingerprint density at radius 3 is 2.21 bits per heavy atom. The lowest BCUT2D eigenvalue weighted by Gasteiger charge is -2.27. The van der Waals surface area contributed by atoms with Gasteiger partial charge in [0.15, 0.2) is 11.5 Å². The predicted molar refractivity (Wildman–Crippen MR) is 132 cm³/mol. The van der Waals surface area contributed by atoms with Crippen LogP contribution in [0.2, 0.25) is 0 Å². The molecular weight excluding hydrogens is 426 g/mol. The molecule has 1 N–H and O–H groups in total. The number of hydrogen-bond donors (Lipinski definition) is 1. The van der Waals surface area contributed by atoms with Crippen LogP contribution in [0.25, 0.3) is 11.0 Å². The highest BCUT2D eigenvalue weighted by molar-refractivity contribution is 6.20. The van der Waals surface area contributed by atoms with Crippen LogP contribution in [0.1, 0.15) is 48.5 Å². The van der Waals surface area contributed by atoms with Gasteiger partial charge in [0.05, 0.1) is 11.6 Å². The summed E-state index contributed by atoms with van der Waals surface area (Å²) in [6, 6.07) is 25.1. The number of fused-ring (bicyclic) bond motifs is 1. The van der Waals surface area contributed by atoms with Crippen molar-refractivity contribution in [2.45, 2.75) is 32.2 Å². The van der Waals surface area contributed by atoms with Crippen molar-refractivity contribution >= 4 is 28.3 Å². The molecule has 0 bridgehead atoms. The van der Waals surface area contributed by atoms with E-state index in [1.807, 2.05) is 72.8 Å². The molecule has 3 aromatic carbocycles. The Morgan fingerprint density at radius 2 is 1.56 bits per heavy atom. The first-order chi connectivity index (χ1) is 16.3. The number of amides is 1. The molecule has 1 aliphatic heterocycles. The summed E-state index contributed by atoms with van der Waals surface area (Å²) in [4.78, 5) is 28.4. The number of para-hydroxylation sites is 1. The van der Waals surface area contributed by atoms with Gasteiger partial charge in [-0.05, 0) is 40.8 Å². The van der Waals surface area contributed by atoms with Crippen molar-refractivity contribution in [1.82, 2.24) is 0 Å². The minimum Gasteiger partial charge on any atom is -0.503 e. The predicted octanol–water partition coefficient (Wildman–Crippen LogP) is 6.51. The fraction of sp³-hybridized carbons (Fsp3) is 0.172. The summed E-state index contributed by atoms with van der Waals surface area (Å²) in [7, 11) is 0. The van der Waals surface area contributed by atoms with Gasteiger partial charge in [-0.25, -0.2) is 0 Å². The molecule has 1 atom stereocenters. The highest BCUT2D eigenvalue weighted by Gasteiger charge is 2.45. The van der Waals surface area contributed by atoms with Crippen LogP contribution in [0.3, 0.4) is 0 Å². The Balaban J connectivity index is 1.62. The lowest BCUT2D eigenvalue weighted by atomic mass is 9.87. The molecule has 5 rings (SSSR count). The number of carbonyl (C=O) groups excluding carboxylic acids is 2. The van der Waals surface area contributed by atoms with Gasteiger partial charge in [-0.3, -0.25) is 14.5 Å². The molecule has 2 heterocycles. The average Bonchev–Trinajstić information content (AvgIpc) is 3.38. The quantitative estimate of drug-likeness (QED) is 0.359. The smallest absolute Gasteiger partial charge is 0.294 e. The number of nitrogens with zero attached hydrogens (tertiary/aromatic N) is 1. The van der Waals surface area contributed by atoms with Gasteiger partial charge < -0.3 is 9.52 Å². The van der Waals surface area contributed by atoms with Gasteiger partial charge in [0, 0.05) is 11.1 Å². The van der Waals surface area contributed by atoms with Gasteiger partial charge >= 0.3 is 0 Å². The van der Waals surface area contributed by atoms with E-state index in [0.717, 1.165) is 16.5 Å². The molecule has 1 amide bonds. The molecule has 1 aromatic heterocycles. The van der Waals surface area contributed by atoms with Crippen LogP contribution in [0, 0.1) is 0 Å². The minimum absolute atomic E-state index is 0.00940. The van der Waals surface area contributed by atoms with Crippen molar-refractivity contribution in [2.75, 3.05) is 4.90 Å². The molecular formula is C29H25NO4. The van der Waals surface area contributed by atoms with Crippen LogP contribution in [-0.4, -0.2) is 16.8 Å². The highest BCUT2D eigenvalue weighted by atomic mass is 16.3. The molecule has 0 fully saturated rings. The zero-order valence-corrected chi connectivity index (χ0v) is 19.3. The first-order valence-corrected chi connectivity index (χ1v) is 11.2. The van der Waals surface area contributed by atoms with E-state index in [9.17, 15) is 14.7 Å². The third-order valence-corrected chi connectivity index (χ3v) is 6.23. The van der Waals surface area contributed by atoms with Crippen molar-refractivity contribution in [2.24, 2.45) is 0 Å². The number of aliphatic hydroxyl groups is 1. The van der Waals surface area contributed by atoms with E-state index in [2.05, 4.69) is 20.8 Å². The standard InChI is InChI=1S/C29H25NO4/c1-29(2,3)20-13-15-21(16-14-20)30-25(18-9-5-4-6-10-18)24(27(32)28(30)33)26(31)23-17-19-11-7-8-12-22(19)34-23/h4-17,25,32H,1-3H3. The van der Waals surface area contributed by atoms with E-state index in [-0.39, 0.29) is 16.7 Å². The first kappa shape index (κ1) is 21.7. The fourth-order valence-corrected chi connectivity index (χ4v) is 4.40. The summed E-state index contributed by atoms with van der Waals surface area (Å²) < 4.78 is 5.78. The fourth-order valence-electron chi connectivity index (χ4n) is 4.40. The number of aliphatic hydroxyl groups excluding tert-OH is 1. The second-order valence-corrected chi connectivity index (χ2v) is 9.53. The zero-order chi connectivity index (χ0) is 24.0. The van der Waals surface area contributed by atoms with E-state index >= 15 is 0 Å². The largest absolute Gasteiger partial charge is 0.503 e. The number of ketones is 1. The van der Waals surface area contributed by atoms with Crippen molar-refractivity contribution in [3.8, 4) is 0 Å². The molecule has 0 saturated carbocycles. The van der Waals surface area contributed by atoms with Crippen molar-refractivity contribution < 1.29 is 19.1 Å². The summed E-state index contributed by atoms with van der Waals surface area (Å²) >= 11 is 0. The number of rotatable bonds is 4. The summed E-state index contributed by atoms with van der Waals surface area (Å²) in [6.45, 7) is 6.35. The van der Waals surface area contributed by atoms with E-state index in [4.69, 9.17) is 4.42 Å². The molecule has 1 aliphatic rings. The van der Waals surface area contributed by atoms with E-state index < -0.39 is 23.5 Å². The summed E-state index contributed by atoms with van der Waals surface area (Å²) in [6.07, 6.45) is 0. The number of benzene rings is 3. The average molecular weight is 452 g/mol. The third kappa shape index (κ3) is 3.59. The van der Waals surface area contributed by atoms with E-state index in [0.29, 0.717) is 11.3 Å². The van der Waals surface area contributed by atoms with Gasteiger partial charge in [0.2, 0.25) is 5.78 Å². The Bertz CT molecular complexity index is 1390. The van der Waals surface area contributed by atoms with Gasteiger partial charge in [-0.2, -0.15) is 0 Å². The topological polar surface area (TPSA) is 70.8 Å². The van der Waals surface area contributed by atoms with Gasteiger partial charge in [-0.15, -0.1) is 0 Å². The molecule has 5 nitrogen and oxygen atoms in total. The first-order valence-electron chi connectivity index (χ1n) is 11.2. The Kier molecular flexibility index (Phi) is 5.13. The molecule has 0 radical (unpaired) electrons. The maximum absolute atomic E-state index is 13.6. The maximum Gasteiger partial charge on any atom is 0.294 e. The maximum atomic E-state index is 13.6. The number of furan rings is 1. The molecule has 1 unspecified atom stereocenters. The number of carbonyl (C=O) groups is 2. The van der Waals surface area contributed by atoms with Gasteiger partial charge in [0.1, 0.15) is 5.58 Å². The van der Waals surface area contributed by atoms with Crippen LogP contribution in [0.5, 0.6) is 0 Å². The highest BCUT2D eigenvalue weighted by Crippen LogP contribution is 2.42. The van der Waals surface area contributed by atoms with E-state index in [1.165, 1.54) is 4.90 Å². The molecule has 5 heteroatoms. The summed E-state index contributed by atoms with van der Waals surface area (Å²) in [5.41, 5.74) is 2.98. The van der Waals surface area contributed by atoms with Crippen LogP contribution < -0.4 is 4.90 Å². The zero-order valence-electron chi connectivity index (χ0n) is 19.3. The molecule has 0 saturated heterocycles.